The Labute approximate surface area is 173 Å². The number of fused-ring (bicyclic) bond motifs is 3. The smallest absolute Gasteiger partial charge is 0.209 e. The lowest BCUT2D eigenvalue weighted by Crippen LogP contribution is -2.19. The Morgan fingerprint density at radius 3 is 2.53 bits per heavy atom. The molecule has 1 aliphatic heterocycles. The normalized spacial score (nSPS) is 15.3. The van der Waals surface area contributed by atoms with Gasteiger partial charge in [0.1, 0.15) is 17.3 Å². The zero-order valence-corrected chi connectivity index (χ0v) is 16.6. The molecule has 0 bridgehead atoms. The second-order valence-electron chi connectivity index (χ2n) is 7.06. The predicted molar refractivity (Wildman–Crippen MR) is 115 cm³/mol. The number of halogens is 1. The Hall–Kier alpha value is -3.80. The average molecular weight is 401 g/mol. The number of nitrogens with zero attached hydrogens (tertiary/aromatic N) is 2. The lowest BCUT2D eigenvalue weighted by Gasteiger charge is -2.27. The highest BCUT2D eigenvalue weighted by atomic mass is 19.1. The van der Waals surface area contributed by atoms with Crippen molar-refractivity contribution in [2.24, 2.45) is 0 Å². The Balaban J connectivity index is 1.73. The minimum atomic E-state index is -0.268. The average Bonchev–Trinajstić information content (AvgIpc) is 3.17. The Morgan fingerprint density at radius 2 is 1.77 bits per heavy atom. The number of methoxy groups -OCH3 is 2. The molecule has 150 valence electrons. The fourth-order valence-electron chi connectivity index (χ4n) is 3.90. The molecular formula is C24H20FN3O2. The van der Waals surface area contributed by atoms with Gasteiger partial charge in [-0.05, 0) is 60.2 Å². The topological polar surface area (TPSA) is 48.3 Å². The Morgan fingerprint density at radius 1 is 0.967 bits per heavy atom. The lowest BCUT2D eigenvalue weighted by molar-refractivity contribution is 0.389. The van der Waals surface area contributed by atoms with Crippen molar-refractivity contribution < 1.29 is 13.9 Å². The Kier molecular flexibility index (Phi) is 4.39. The van der Waals surface area contributed by atoms with E-state index in [1.54, 1.807) is 26.4 Å². The number of benzene rings is 3. The van der Waals surface area contributed by atoms with Crippen LogP contribution < -0.4 is 14.8 Å². The number of rotatable bonds is 4. The van der Waals surface area contributed by atoms with Crippen LogP contribution in [0.5, 0.6) is 11.5 Å². The third-order valence-corrected chi connectivity index (χ3v) is 5.36. The molecule has 2 heterocycles. The molecule has 1 unspecified atom stereocenters. The van der Waals surface area contributed by atoms with E-state index in [0.717, 1.165) is 45.3 Å². The summed E-state index contributed by atoms with van der Waals surface area (Å²) < 4.78 is 26.7. The van der Waals surface area contributed by atoms with Gasteiger partial charge in [0.15, 0.2) is 0 Å². The highest BCUT2D eigenvalue weighted by Crippen LogP contribution is 2.40. The minimum Gasteiger partial charge on any atom is -0.497 e. The summed E-state index contributed by atoms with van der Waals surface area (Å²) in [6, 6.07) is 20.1. The van der Waals surface area contributed by atoms with Gasteiger partial charge >= 0.3 is 0 Å². The van der Waals surface area contributed by atoms with Crippen molar-refractivity contribution in [2.45, 2.75) is 6.04 Å². The summed E-state index contributed by atoms with van der Waals surface area (Å²) >= 11 is 0. The monoisotopic (exact) mass is 401 g/mol. The first-order valence-electron chi connectivity index (χ1n) is 9.61. The number of hydrogen-bond donors (Lipinski definition) is 1. The van der Waals surface area contributed by atoms with E-state index in [-0.39, 0.29) is 11.9 Å². The molecule has 3 aromatic carbocycles. The van der Waals surface area contributed by atoms with Crippen molar-refractivity contribution >= 4 is 22.7 Å². The van der Waals surface area contributed by atoms with Gasteiger partial charge < -0.3 is 14.8 Å². The van der Waals surface area contributed by atoms with Crippen LogP contribution in [0.4, 0.5) is 10.3 Å². The number of nitrogens with one attached hydrogen (secondary N) is 1. The van der Waals surface area contributed by atoms with Gasteiger partial charge in [-0.3, -0.25) is 4.57 Å². The third-order valence-electron chi connectivity index (χ3n) is 5.36. The number of ether oxygens (including phenoxy) is 2. The first-order valence-corrected chi connectivity index (χ1v) is 9.61. The molecule has 30 heavy (non-hydrogen) atoms. The molecule has 5 rings (SSSR count). The maximum atomic E-state index is 13.5. The quantitative estimate of drug-likeness (QED) is 0.508. The summed E-state index contributed by atoms with van der Waals surface area (Å²) in [5.74, 6) is 1.90. The molecule has 0 fully saturated rings. The number of anilines is 1. The van der Waals surface area contributed by atoms with Crippen molar-refractivity contribution in [1.82, 2.24) is 9.55 Å². The standard InChI is InChI=1S/C24H20FN3O2/c1-29-17-11-12-18(23(13-17)30-2)22-14-20(15-7-9-16(25)10-8-15)27-24-26-19-5-3-4-6-21(19)28(22)24/h3-14,22H,1-2H3,(H,26,27). The van der Waals surface area contributed by atoms with Crippen LogP contribution in [0.3, 0.4) is 0 Å². The predicted octanol–water partition coefficient (Wildman–Crippen LogP) is 5.25. The van der Waals surface area contributed by atoms with Crippen LogP contribution in [-0.4, -0.2) is 23.8 Å². The van der Waals surface area contributed by atoms with E-state index in [9.17, 15) is 4.39 Å². The number of allylic oxidation sites excluding steroid dienone is 1. The van der Waals surface area contributed by atoms with Crippen LogP contribution in [0.1, 0.15) is 17.2 Å². The van der Waals surface area contributed by atoms with Gasteiger partial charge in [-0.1, -0.05) is 12.1 Å². The zero-order chi connectivity index (χ0) is 20.7. The summed E-state index contributed by atoms with van der Waals surface area (Å²) in [4.78, 5) is 4.78. The molecule has 1 atom stereocenters. The molecule has 1 N–H and O–H groups in total. The largest absolute Gasteiger partial charge is 0.497 e. The number of aromatic nitrogens is 2. The summed E-state index contributed by atoms with van der Waals surface area (Å²) in [6.07, 6.45) is 2.11. The maximum Gasteiger partial charge on any atom is 0.209 e. The molecule has 5 nitrogen and oxygen atoms in total. The van der Waals surface area contributed by atoms with Crippen molar-refractivity contribution in [2.75, 3.05) is 19.5 Å². The molecular weight excluding hydrogens is 381 g/mol. The van der Waals surface area contributed by atoms with Crippen molar-refractivity contribution in [3.8, 4) is 11.5 Å². The summed E-state index contributed by atoms with van der Waals surface area (Å²) in [6.45, 7) is 0. The van der Waals surface area contributed by atoms with E-state index >= 15 is 0 Å². The molecule has 0 amide bonds. The van der Waals surface area contributed by atoms with Gasteiger partial charge in [0.2, 0.25) is 5.95 Å². The van der Waals surface area contributed by atoms with E-state index < -0.39 is 0 Å². The van der Waals surface area contributed by atoms with Crippen LogP contribution >= 0.6 is 0 Å². The molecule has 0 radical (unpaired) electrons. The van der Waals surface area contributed by atoms with Gasteiger partial charge in [0, 0.05) is 17.3 Å². The van der Waals surface area contributed by atoms with Crippen molar-refractivity contribution in [3.05, 3.63) is 89.8 Å². The molecule has 1 aliphatic rings. The number of imidazole rings is 1. The number of hydrogen-bond acceptors (Lipinski definition) is 4. The number of para-hydroxylation sites is 2. The summed E-state index contributed by atoms with van der Waals surface area (Å²) in [5.41, 5.74) is 4.63. The lowest BCUT2D eigenvalue weighted by atomic mass is 10.00. The second kappa shape index (κ2) is 7.22. The molecule has 1 aromatic heterocycles. The van der Waals surface area contributed by atoms with Gasteiger partial charge in [-0.25, -0.2) is 9.37 Å². The highest BCUT2D eigenvalue weighted by Gasteiger charge is 2.27. The van der Waals surface area contributed by atoms with Crippen LogP contribution in [-0.2, 0) is 0 Å². The van der Waals surface area contributed by atoms with Gasteiger partial charge in [-0.2, -0.15) is 0 Å². The SMILES string of the molecule is COc1ccc(C2C=C(c3ccc(F)cc3)Nc3nc4ccccc4n32)c(OC)c1. The maximum absolute atomic E-state index is 13.5. The molecule has 0 aliphatic carbocycles. The van der Waals surface area contributed by atoms with Gasteiger partial charge in [0.05, 0.1) is 31.3 Å². The molecule has 0 saturated heterocycles. The van der Waals surface area contributed by atoms with E-state index in [1.807, 2.05) is 42.5 Å². The van der Waals surface area contributed by atoms with Crippen LogP contribution in [0.2, 0.25) is 0 Å². The highest BCUT2D eigenvalue weighted by molar-refractivity contribution is 5.85. The zero-order valence-electron chi connectivity index (χ0n) is 16.6. The van der Waals surface area contributed by atoms with Gasteiger partial charge in [0.25, 0.3) is 0 Å². The fraction of sp³-hybridized carbons (Fsp3) is 0.125. The summed E-state index contributed by atoms with van der Waals surface area (Å²) in [5, 5.41) is 3.41. The van der Waals surface area contributed by atoms with E-state index in [4.69, 9.17) is 14.5 Å². The van der Waals surface area contributed by atoms with Crippen LogP contribution in [0, 0.1) is 5.82 Å². The van der Waals surface area contributed by atoms with Gasteiger partial charge in [-0.15, -0.1) is 0 Å². The molecule has 4 aromatic rings. The van der Waals surface area contributed by atoms with Crippen molar-refractivity contribution in [3.63, 3.8) is 0 Å². The van der Waals surface area contributed by atoms with Crippen LogP contribution in [0.15, 0.2) is 72.8 Å². The molecule has 6 heteroatoms. The first kappa shape index (κ1) is 18.2. The van der Waals surface area contributed by atoms with Crippen LogP contribution in [0.25, 0.3) is 16.7 Å². The van der Waals surface area contributed by atoms with Crippen molar-refractivity contribution in [1.29, 1.82) is 0 Å². The fourth-order valence-corrected chi connectivity index (χ4v) is 3.90. The third kappa shape index (κ3) is 2.97. The molecule has 0 spiro atoms. The first-order chi connectivity index (χ1) is 14.7. The molecule has 0 saturated carbocycles. The van der Waals surface area contributed by atoms with E-state index in [1.165, 1.54) is 12.1 Å². The minimum absolute atomic E-state index is 0.172. The summed E-state index contributed by atoms with van der Waals surface area (Å²) in [7, 11) is 3.28. The van der Waals surface area contributed by atoms with E-state index in [2.05, 4.69) is 16.0 Å². The van der Waals surface area contributed by atoms with E-state index in [0.29, 0.717) is 0 Å². The Bertz CT molecular complexity index is 1260. The second-order valence-corrected chi connectivity index (χ2v) is 7.06.